The van der Waals surface area contributed by atoms with Crippen molar-refractivity contribution in [3.8, 4) is 11.8 Å². The SMILES string of the molecule is N#Cc1cccc(CNCC(O)COc2ccc(F)cc2)c1. The Labute approximate surface area is 128 Å². The molecule has 1 atom stereocenters. The lowest BCUT2D eigenvalue weighted by Crippen LogP contribution is -2.31. The molecule has 2 N–H and O–H groups in total. The summed E-state index contributed by atoms with van der Waals surface area (Å²) < 4.78 is 18.1. The van der Waals surface area contributed by atoms with E-state index >= 15 is 0 Å². The number of aliphatic hydroxyl groups is 1. The summed E-state index contributed by atoms with van der Waals surface area (Å²) in [5, 5.41) is 21.7. The van der Waals surface area contributed by atoms with E-state index in [0.717, 1.165) is 5.56 Å². The summed E-state index contributed by atoms with van der Waals surface area (Å²) in [5.41, 5.74) is 1.59. The lowest BCUT2D eigenvalue weighted by atomic mass is 10.1. The molecule has 0 fully saturated rings. The van der Waals surface area contributed by atoms with Gasteiger partial charge in [-0.1, -0.05) is 12.1 Å². The molecule has 0 amide bonds. The van der Waals surface area contributed by atoms with Gasteiger partial charge in [-0.3, -0.25) is 0 Å². The summed E-state index contributed by atoms with van der Waals surface area (Å²) in [6.45, 7) is 1.04. The number of hydrogen-bond donors (Lipinski definition) is 2. The predicted octanol–water partition coefficient (Wildman–Crippen LogP) is 2.23. The van der Waals surface area contributed by atoms with Crippen LogP contribution in [0, 0.1) is 17.1 Å². The Kier molecular flexibility index (Phi) is 5.90. The maximum Gasteiger partial charge on any atom is 0.123 e. The van der Waals surface area contributed by atoms with Crippen LogP contribution < -0.4 is 10.1 Å². The van der Waals surface area contributed by atoms with Gasteiger partial charge >= 0.3 is 0 Å². The lowest BCUT2D eigenvalue weighted by Gasteiger charge is -2.13. The Hall–Kier alpha value is -2.42. The molecule has 0 radical (unpaired) electrons. The summed E-state index contributed by atoms with van der Waals surface area (Å²) in [7, 11) is 0. The van der Waals surface area contributed by atoms with Gasteiger partial charge in [0.2, 0.25) is 0 Å². The van der Waals surface area contributed by atoms with Gasteiger partial charge in [0.15, 0.2) is 0 Å². The van der Waals surface area contributed by atoms with E-state index < -0.39 is 6.10 Å². The van der Waals surface area contributed by atoms with Gasteiger partial charge in [0.1, 0.15) is 24.3 Å². The van der Waals surface area contributed by atoms with Crippen molar-refractivity contribution in [2.45, 2.75) is 12.6 Å². The van der Waals surface area contributed by atoms with E-state index in [9.17, 15) is 9.50 Å². The predicted molar refractivity (Wildman–Crippen MR) is 80.8 cm³/mol. The van der Waals surface area contributed by atoms with E-state index in [2.05, 4.69) is 11.4 Å². The minimum Gasteiger partial charge on any atom is -0.491 e. The summed E-state index contributed by atoms with van der Waals surface area (Å²) >= 11 is 0. The van der Waals surface area contributed by atoms with E-state index in [0.29, 0.717) is 24.4 Å². The van der Waals surface area contributed by atoms with Crippen LogP contribution in [-0.4, -0.2) is 24.4 Å². The van der Waals surface area contributed by atoms with Gasteiger partial charge in [0.25, 0.3) is 0 Å². The van der Waals surface area contributed by atoms with Crippen LogP contribution in [0.1, 0.15) is 11.1 Å². The van der Waals surface area contributed by atoms with Gasteiger partial charge in [-0.05, 0) is 42.0 Å². The monoisotopic (exact) mass is 300 g/mol. The van der Waals surface area contributed by atoms with Crippen molar-refractivity contribution in [1.82, 2.24) is 5.32 Å². The highest BCUT2D eigenvalue weighted by atomic mass is 19.1. The number of rotatable bonds is 7. The zero-order valence-electron chi connectivity index (χ0n) is 12.0. The Bertz CT molecular complexity index is 638. The second kappa shape index (κ2) is 8.13. The molecule has 0 heterocycles. The van der Waals surface area contributed by atoms with Crippen molar-refractivity contribution in [1.29, 1.82) is 5.26 Å². The highest BCUT2D eigenvalue weighted by Crippen LogP contribution is 2.11. The largest absolute Gasteiger partial charge is 0.491 e. The van der Waals surface area contributed by atoms with E-state index in [1.165, 1.54) is 24.3 Å². The highest BCUT2D eigenvalue weighted by Gasteiger charge is 2.05. The minimum atomic E-state index is -0.677. The average molecular weight is 300 g/mol. The van der Waals surface area contributed by atoms with Crippen LogP contribution in [0.25, 0.3) is 0 Å². The Balaban J connectivity index is 1.70. The second-order valence-electron chi connectivity index (χ2n) is 4.86. The van der Waals surface area contributed by atoms with E-state index in [1.807, 2.05) is 12.1 Å². The van der Waals surface area contributed by atoms with Crippen molar-refractivity contribution in [2.75, 3.05) is 13.2 Å². The van der Waals surface area contributed by atoms with Crippen molar-refractivity contribution in [3.63, 3.8) is 0 Å². The van der Waals surface area contributed by atoms with Gasteiger partial charge in [0, 0.05) is 13.1 Å². The number of nitrogens with zero attached hydrogens (tertiary/aromatic N) is 1. The first-order valence-corrected chi connectivity index (χ1v) is 6.93. The summed E-state index contributed by atoms with van der Waals surface area (Å²) in [6, 6.07) is 15.0. The molecule has 0 aromatic heterocycles. The van der Waals surface area contributed by atoms with Crippen LogP contribution in [0.5, 0.6) is 5.75 Å². The molecule has 0 saturated carbocycles. The van der Waals surface area contributed by atoms with Crippen molar-refractivity contribution < 1.29 is 14.2 Å². The number of ether oxygens (including phenoxy) is 1. The van der Waals surface area contributed by atoms with Gasteiger partial charge < -0.3 is 15.2 Å². The number of hydrogen-bond acceptors (Lipinski definition) is 4. The third-order valence-electron chi connectivity index (χ3n) is 3.02. The fourth-order valence-electron chi connectivity index (χ4n) is 1.92. The summed E-state index contributed by atoms with van der Waals surface area (Å²) in [4.78, 5) is 0. The van der Waals surface area contributed by atoms with Crippen LogP contribution in [0.15, 0.2) is 48.5 Å². The van der Waals surface area contributed by atoms with Gasteiger partial charge in [0.05, 0.1) is 11.6 Å². The molecular formula is C17H17FN2O2. The standard InChI is InChI=1S/C17H17FN2O2/c18-15-4-6-17(7-5-15)22-12-16(21)11-20-10-14-3-1-2-13(8-14)9-19/h1-8,16,20-21H,10-12H2. The first-order chi connectivity index (χ1) is 10.7. The average Bonchev–Trinajstić information content (AvgIpc) is 2.54. The molecule has 0 spiro atoms. The molecule has 2 rings (SSSR count). The molecule has 0 aliphatic rings. The molecule has 4 nitrogen and oxygen atoms in total. The lowest BCUT2D eigenvalue weighted by molar-refractivity contribution is 0.106. The maximum absolute atomic E-state index is 12.7. The molecule has 0 bridgehead atoms. The normalized spacial score (nSPS) is 11.7. The van der Waals surface area contributed by atoms with E-state index in [4.69, 9.17) is 10.00 Å². The number of nitrogens with one attached hydrogen (secondary N) is 1. The third kappa shape index (κ3) is 5.17. The van der Waals surface area contributed by atoms with Crippen LogP contribution in [-0.2, 0) is 6.54 Å². The molecule has 0 aliphatic heterocycles. The Morgan fingerprint density at radius 2 is 2.00 bits per heavy atom. The Morgan fingerprint density at radius 3 is 2.73 bits per heavy atom. The first-order valence-electron chi connectivity index (χ1n) is 6.93. The number of benzene rings is 2. The van der Waals surface area contributed by atoms with Crippen molar-refractivity contribution in [2.24, 2.45) is 0 Å². The van der Waals surface area contributed by atoms with Gasteiger partial charge in [-0.2, -0.15) is 5.26 Å². The van der Waals surface area contributed by atoms with Crippen molar-refractivity contribution >= 4 is 0 Å². The quantitative estimate of drug-likeness (QED) is 0.823. The summed E-state index contributed by atoms with van der Waals surface area (Å²) in [5.74, 6) is 0.191. The second-order valence-corrected chi connectivity index (χ2v) is 4.86. The Morgan fingerprint density at radius 1 is 1.23 bits per heavy atom. The van der Waals surface area contributed by atoms with Crippen LogP contribution in [0.3, 0.4) is 0 Å². The number of aliphatic hydroxyl groups excluding tert-OH is 1. The molecule has 0 saturated heterocycles. The topological polar surface area (TPSA) is 65.3 Å². The fraction of sp³-hybridized carbons (Fsp3) is 0.235. The van der Waals surface area contributed by atoms with Gasteiger partial charge in [-0.15, -0.1) is 0 Å². The maximum atomic E-state index is 12.7. The minimum absolute atomic E-state index is 0.122. The van der Waals surface area contributed by atoms with Crippen molar-refractivity contribution in [3.05, 3.63) is 65.5 Å². The zero-order chi connectivity index (χ0) is 15.8. The van der Waals surface area contributed by atoms with Crippen LogP contribution in [0.4, 0.5) is 4.39 Å². The molecular weight excluding hydrogens is 283 g/mol. The highest BCUT2D eigenvalue weighted by molar-refractivity contribution is 5.32. The van der Waals surface area contributed by atoms with Crippen LogP contribution >= 0.6 is 0 Å². The molecule has 114 valence electrons. The fourth-order valence-corrected chi connectivity index (χ4v) is 1.92. The van der Waals surface area contributed by atoms with Crippen LogP contribution in [0.2, 0.25) is 0 Å². The number of nitriles is 1. The molecule has 2 aromatic carbocycles. The molecule has 22 heavy (non-hydrogen) atoms. The van der Waals surface area contributed by atoms with Gasteiger partial charge in [-0.25, -0.2) is 4.39 Å². The smallest absolute Gasteiger partial charge is 0.123 e. The molecule has 5 heteroatoms. The summed E-state index contributed by atoms with van der Waals surface area (Å²) in [6.07, 6.45) is -0.677. The molecule has 0 aliphatic carbocycles. The van der Waals surface area contributed by atoms with E-state index in [-0.39, 0.29) is 12.4 Å². The number of halogens is 1. The molecule has 2 aromatic rings. The molecule has 1 unspecified atom stereocenters. The first kappa shape index (κ1) is 16.0. The third-order valence-corrected chi connectivity index (χ3v) is 3.02. The zero-order valence-corrected chi connectivity index (χ0v) is 12.0. The van der Waals surface area contributed by atoms with E-state index in [1.54, 1.807) is 12.1 Å².